The van der Waals surface area contributed by atoms with Gasteiger partial charge in [0.05, 0.1) is 12.3 Å². The second-order valence-corrected chi connectivity index (χ2v) is 6.20. The summed E-state index contributed by atoms with van der Waals surface area (Å²) in [6.07, 6.45) is 4.88. The molecule has 23 heavy (non-hydrogen) atoms. The molecular weight excluding hydrogens is 300 g/mol. The number of hydrogen-bond acceptors (Lipinski definition) is 3. The number of rotatable bonds is 4. The SMILES string of the molecule is Cn1cc(C2CCN(C[C@@H](O)c3cc(F)ccc3F)CC2)cn1. The second kappa shape index (κ2) is 6.76. The van der Waals surface area contributed by atoms with Crippen molar-refractivity contribution in [2.24, 2.45) is 7.05 Å². The van der Waals surface area contributed by atoms with E-state index in [1.54, 1.807) is 4.68 Å². The highest BCUT2D eigenvalue weighted by Crippen LogP contribution is 2.29. The molecule has 1 aliphatic heterocycles. The summed E-state index contributed by atoms with van der Waals surface area (Å²) >= 11 is 0. The molecule has 0 unspecified atom stereocenters. The number of benzene rings is 1. The van der Waals surface area contributed by atoms with Crippen LogP contribution in [0.4, 0.5) is 8.78 Å². The lowest BCUT2D eigenvalue weighted by atomic mass is 9.91. The largest absolute Gasteiger partial charge is 0.387 e. The van der Waals surface area contributed by atoms with E-state index in [1.165, 1.54) is 5.56 Å². The molecule has 0 saturated carbocycles. The predicted molar refractivity (Wildman–Crippen MR) is 82.9 cm³/mol. The number of likely N-dealkylation sites (tertiary alicyclic amines) is 1. The minimum atomic E-state index is -1.01. The minimum Gasteiger partial charge on any atom is -0.387 e. The van der Waals surface area contributed by atoms with Crippen molar-refractivity contribution < 1.29 is 13.9 Å². The molecule has 3 rings (SSSR count). The number of aliphatic hydroxyl groups is 1. The summed E-state index contributed by atoms with van der Waals surface area (Å²) in [5.41, 5.74) is 1.27. The Balaban J connectivity index is 1.57. The van der Waals surface area contributed by atoms with Crippen molar-refractivity contribution in [2.75, 3.05) is 19.6 Å². The van der Waals surface area contributed by atoms with Crippen LogP contribution < -0.4 is 0 Å². The van der Waals surface area contributed by atoms with Gasteiger partial charge in [-0.1, -0.05) is 0 Å². The molecule has 1 aliphatic rings. The molecule has 6 heteroatoms. The quantitative estimate of drug-likeness (QED) is 0.941. The predicted octanol–water partition coefficient (Wildman–Crippen LogP) is 2.61. The highest BCUT2D eigenvalue weighted by molar-refractivity contribution is 5.21. The van der Waals surface area contributed by atoms with E-state index >= 15 is 0 Å². The summed E-state index contributed by atoms with van der Waals surface area (Å²) in [7, 11) is 1.91. The lowest BCUT2D eigenvalue weighted by Crippen LogP contribution is -2.36. The summed E-state index contributed by atoms with van der Waals surface area (Å²) in [4.78, 5) is 2.10. The van der Waals surface area contributed by atoms with E-state index in [4.69, 9.17) is 0 Å². The number of β-amino-alcohol motifs (C(OH)–C–C–N with tert-alkyl or cyclic N) is 1. The van der Waals surface area contributed by atoms with Crippen molar-refractivity contribution in [2.45, 2.75) is 24.9 Å². The molecule has 0 bridgehead atoms. The van der Waals surface area contributed by atoms with Gasteiger partial charge in [0.1, 0.15) is 11.6 Å². The first-order chi connectivity index (χ1) is 11.0. The Bertz CT molecular complexity index is 666. The summed E-state index contributed by atoms with van der Waals surface area (Å²) in [5, 5.41) is 14.4. The summed E-state index contributed by atoms with van der Waals surface area (Å²) < 4.78 is 28.7. The third kappa shape index (κ3) is 3.76. The van der Waals surface area contributed by atoms with Crippen LogP contribution >= 0.6 is 0 Å². The average Bonchev–Trinajstić information content (AvgIpc) is 2.97. The number of aromatic nitrogens is 2. The molecule has 2 heterocycles. The van der Waals surface area contributed by atoms with Gasteiger partial charge in [-0.15, -0.1) is 0 Å². The Morgan fingerprint density at radius 2 is 2.04 bits per heavy atom. The zero-order valence-corrected chi connectivity index (χ0v) is 13.1. The number of nitrogens with zero attached hydrogens (tertiary/aromatic N) is 3. The fraction of sp³-hybridized carbons (Fsp3) is 0.471. The normalized spacial score (nSPS) is 18.3. The van der Waals surface area contributed by atoms with Crippen LogP contribution in [0.2, 0.25) is 0 Å². The van der Waals surface area contributed by atoms with Gasteiger partial charge < -0.3 is 10.0 Å². The van der Waals surface area contributed by atoms with Crippen molar-refractivity contribution in [3.63, 3.8) is 0 Å². The van der Waals surface area contributed by atoms with Crippen molar-refractivity contribution in [1.29, 1.82) is 0 Å². The molecule has 4 nitrogen and oxygen atoms in total. The van der Waals surface area contributed by atoms with Crippen molar-refractivity contribution >= 4 is 0 Å². The summed E-state index contributed by atoms with van der Waals surface area (Å²) in [5.74, 6) is -0.622. The lowest BCUT2D eigenvalue weighted by Gasteiger charge is -2.32. The molecular formula is C17H21F2N3O. The maximum absolute atomic E-state index is 13.7. The molecule has 1 atom stereocenters. The first-order valence-corrected chi connectivity index (χ1v) is 7.87. The maximum Gasteiger partial charge on any atom is 0.129 e. The molecule has 1 aromatic carbocycles. The fourth-order valence-corrected chi connectivity index (χ4v) is 3.21. The molecule has 1 aromatic heterocycles. The van der Waals surface area contributed by atoms with Crippen LogP contribution in [0.3, 0.4) is 0 Å². The van der Waals surface area contributed by atoms with Gasteiger partial charge in [-0.25, -0.2) is 8.78 Å². The highest BCUT2D eigenvalue weighted by atomic mass is 19.1. The third-order valence-corrected chi connectivity index (χ3v) is 4.53. The van der Waals surface area contributed by atoms with Gasteiger partial charge in [-0.3, -0.25) is 4.68 Å². The van der Waals surface area contributed by atoms with Gasteiger partial charge in [-0.2, -0.15) is 5.10 Å². The van der Waals surface area contributed by atoms with E-state index in [1.807, 2.05) is 19.4 Å². The molecule has 124 valence electrons. The zero-order valence-electron chi connectivity index (χ0n) is 13.1. The monoisotopic (exact) mass is 321 g/mol. The van der Waals surface area contributed by atoms with Crippen LogP contribution in [-0.2, 0) is 7.05 Å². The maximum atomic E-state index is 13.7. The Labute approximate surface area is 134 Å². The Kier molecular flexibility index (Phi) is 4.73. The first-order valence-electron chi connectivity index (χ1n) is 7.87. The topological polar surface area (TPSA) is 41.3 Å². The van der Waals surface area contributed by atoms with Crippen LogP contribution in [0.25, 0.3) is 0 Å². The second-order valence-electron chi connectivity index (χ2n) is 6.20. The fourth-order valence-electron chi connectivity index (χ4n) is 3.21. The van der Waals surface area contributed by atoms with E-state index in [2.05, 4.69) is 10.00 Å². The van der Waals surface area contributed by atoms with Gasteiger partial charge in [0.2, 0.25) is 0 Å². The van der Waals surface area contributed by atoms with Crippen LogP contribution in [0.15, 0.2) is 30.6 Å². The van der Waals surface area contributed by atoms with Crippen LogP contribution in [0.5, 0.6) is 0 Å². The van der Waals surface area contributed by atoms with Gasteiger partial charge in [-0.05, 0) is 55.6 Å². The van der Waals surface area contributed by atoms with Gasteiger partial charge in [0, 0.05) is 25.4 Å². The van der Waals surface area contributed by atoms with Crippen molar-refractivity contribution in [3.05, 3.63) is 53.4 Å². The molecule has 0 spiro atoms. The van der Waals surface area contributed by atoms with E-state index in [0.29, 0.717) is 12.5 Å². The molecule has 0 aliphatic carbocycles. The Hall–Kier alpha value is -1.79. The number of piperidine rings is 1. The van der Waals surface area contributed by atoms with Gasteiger partial charge in [0.25, 0.3) is 0 Å². The zero-order chi connectivity index (χ0) is 16.4. The van der Waals surface area contributed by atoms with E-state index in [0.717, 1.165) is 44.1 Å². The molecule has 2 aromatic rings. The minimum absolute atomic E-state index is 0.0272. The molecule has 1 fully saturated rings. The molecule has 1 N–H and O–H groups in total. The Morgan fingerprint density at radius 3 is 2.70 bits per heavy atom. The van der Waals surface area contributed by atoms with E-state index in [9.17, 15) is 13.9 Å². The standard InChI is InChI=1S/C17H21F2N3O/c1-21-10-13(9-20-21)12-4-6-22(7-5-12)11-17(23)15-8-14(18)2-3-16(15)19/h2-3,8-10,12,17,23H,4-7,11H2,1H3/t17-/m1/s1. The van der Waals surface area contributed by atoms with E-state index in [-0.39, 0.29) is 5.56 Å². The lowest BCUT2D eigenvalue weighted by molar-refractivity contribution is 0.0945. The number of halogens is 2. The van der Waals surface area contributed by atoms with E-state index < -0.39 is 17.7 Å². The smallest absolute Gasteiger partial charge is 0.129 e. The van der Waals surface area contributed by atoms with Crippen LogP contribution in [0.1, 0.15) is 36.0 Å². The van der Waals surface area contributed by atoms with Gasteiger partial charge in [0.15, 0.2) is 0 Å². The summed E-state index contributed by atoms with van der Waals surface area (Å²) in [6, 6.07) is 3.19. The third-order valence-electron chi connectivity index (χ3n) is 4.53. The number of aliphatic hydroxyl groups excluding tert-OH is 1. The molecule has 1 saturated heterocycles. The molecule has 0 amide bonds. The summed E-state index contributed by atoms with van der Waals surface area (Å²) in [6.45, 7) is 1.97. The highest BCUT2D eigenvalue weighted by Gasteiger charge is 2.24. The Morgan fingerprint density at radius 1 is 1.30 bits per heavy atom. The number of aryl methyl sites for hydroxylation is 1. The van der Waals surface area contributed by atoms with Crippen LogP contribution in [0, 0.1) is 11.6 Å². The molecule has 0 radical (unpaired) electrons. The van der Waals surface area contributed by atoms with Crippen molar-refractivity contribution in [3.8, 4) is 0 Å². The number of hydrogen-bond donors (Lipinski definition) is 1. The van der Waals surface area contributed by atoms with Gasteiger partial charge >= 0.3 is 0 Å². The van der Waals surface area contributed by atoms with Crippen LogP contribution in [-0.4, -0.2) is 39.4 Å². The van der Waals surface area contributed by atoms with Crippen molar-refractivity contribution in [1.82, 2.24) is 14.7 Å². The first kappa shape index (κ1) is 16.1. The average molecular weight is 321 g/mol.